The summed E-state index contributed by atoms with van der Waals surface area (Å²) in [5.74, 6) is -0.558. The summed E-state index contributed by atoms with van der Waals surface area (Å²) in [4.78, 5) is 53.8. The standard InChI is InChI=1S/C39H47F2N9O4/c1-25(35(40)41)44-38-43-23-30-29(22-42-36(30)46-38)28-9-6-27(7-10-28)24-49-17-15-48(16-18-49)14-4-20-54-19-3-5-26-8-11-31-33(21-26)47(2)39(53)50(31)32-12-13-34(51)45-37(32)52/h6-11,21-23,25,32,35H,3-5,12-20,24H2,1-2H3,(H,45,51,52)(H2,42,43,44,46)/t25-,32?/m1/s1. The number of aromatic nitrogens is 5. The summed E-state index contributed by atoms with van der Waals surface area (Å²) in [6.45, 7) is 8.74. The van der Waals surface area contributed by atoms with E-state index in [1.807, 2.05) is 24.4 Å². The fourth-order valence-electron chi connectivity index (χ4n) is 7.37. The molecule has 1 unspecified atom stereocenters. The summed E-state index contributed by atoms with van der Waals surface area (Å²) < 4.78 is 34.9. The average Bonchev–Trinajstić information content (AvgIpc) is 3.69. The van der Waals surface area contributed by atoms with Crippen LogP contribution >= 0.6 is 0 Å². The second-order valence-electron chi connectivity index (χ2n) is 14.3. The van der Waals surface area contributed by atoms with Gasteiger partial charge in [-0.2, -0.15) is 4.98 Å². The molecule has 2 aliphatic rings. The van der Waals surface area contributed by atoms with Crippen molar-refractivity contribution < 1.29 is 23.1 Å². The molecule has 2 aliphatic heterocycles. The molecule has 13 nitrogen and oxygen atoms in total. The van der Waals surface area contributed by atoms with Crippen LogP contribution < -0.4 is 16.3 Å². The number of piperazine rings is 1. The number of fused-ring (bicyclic) bond motifs is 2. The van der Waals surface area contributed by atoms with Crippen LogP contribution in [0, 0.1) is 0 Å². The van der Waals surface area contributed by atoms with Gasteiger partial charge in [0, 0.05) is 89.3 Å². The molecule has 54 heavy (non-hydrogen) atoms. The molecular weight excluding hydrogens is 696 g/mol. The van der Waals surface area contributed by atoms with Crippen LogP contribution in [0.15, 0.2) is 59.7 Å². The van der Waals surface area contributed by atoms with Gasteiger partial charge < -0.3 is 19.9 Å². The Balaban J connectivity index is 0.797. The average molecular weight is 744 g/mol. The zero-order valence-corrected chi connectivity index (χ0v) is 30.7. The summed E-state index contributed by atoms with van der Waals surface area (Å²) in [6, 6.07) is 12.7. The van der Waals surface area contributed by atoms with Crippen LogP contribution in [0.5, 0.6) is 0 Å². The van der Waals surface area contributed by atoms with Crippen LogP contribution in [-0.2, 0) is 34.3 Å². The van der Waals surface area contributed by atoms with Crippen LogP contribution in [0.4, 0.5) is 14.7 Å². The van der Waals surface area contributed by atoms with Gasteiger partial charge in [-0.25, -0.2) is 18.6 Å². The number of nitrogens with one attached hydrogen (secondary N) is 3. The smallest absolute Gasteiger partial charge is 0.329 e. The third-order valence-corrected chi connectivity index (χ3v) is 10.5. The normalized spacial score (nSPS) is 17.8. The summed E-state index contributed by atoms with van der Waals surface area (Å²) in [5.41, 5.74) is 6.17. The van der Waals surface area contributed by atoms with Gasteiger partial charge in [0.25, 0.3) is 6.43 Å². The lowest BCUT2D eigenvalue weighted by atomic mass is 10.0. The molecule has 0 saturated carbocycles. The van der Waals surface area contributed by atoms with Gasteiger partial charge >= 0.3 is 5.69 Å². The highest BCUT2D eigenvalue weighted by molar-refractivity contribution is 6.00. The summed E-state index contributed by atoms with van der Waals surface area (Å²) in [5, 5.41) is 5.83. The molecule has 0 aliphatic carbocycles. The number of imidazole rings is 1. The minimum atomic E-state index is -2.51. The number of hydrogen-bond donors (Lipinski definition) is 3. The van der Waals surface area contributed by atoms with Crippen molar-refractivity contribution in [2.75, 3.05) is 51.3 Å². The summed E-state index contributed by atoms with van der Waals surface area (Å²) >= 11 is 0. The molecule has 3 N–H and O–H groups in total. The number of piperidine rings is 1. The number of ether oxygens (including phenoxy) is 1. The number of alkyl halides is 2. The van der Waals surface area contributed by atoms with Crippen molar-refractivity contribution in [1.82, 2.24) is 39.2 Å². The number of imide groups is 1. The quantitative estimate of drug-likeness (QED) is 0.105. The van der Waals surface area contributed by atoms with Crippen LogP contribution in [0.25, 0.3) is 33.2 Å². The summed E-state index contributed by atoms with van der Waals surface area (Å²) in [7, 11) is 1.71. The Morgan fingerprint density at radius 2 is 1.70 bits per heavy atom. The van der Waals surface area contributed by atoms with Gasteiger partial charge in [0.2, 0.25) is 17.8 Å². The predicted molar refractivity (Wildman–Crippen MR) is 202 cm³/mol. The largest absolute Gasteiger partial charge is 0.381 e. The molecule has 0 bridgehead atoms. The first-order chi connectivity index (χ1) is 26.1. The first-order valence-electron chi connectivity index (χ1n) is 18.7. The van der Waals surface area contributed by atoms with Gasteiger partial charge in [-0.15, -0.1) is 0 Å². The van der Waals surface area contributed by atoms with Gasteiger partial charge in [-0.1, -0.05) is 30.3 Å². The Labute approximate surface area is 311 Å². The molecule has 2 atom stereocenters. The zero-order chi connectivity index (χ0) is 37.8. The molecule has 5 aromatic rings. The Morgan fingerprint density at radius 3 is 2.46 bits per heavy atom. The number of rotatable bonds is 15. The van der Waals surface area contributed by atoms with E-state index in [1.165, 1.54) is 17.1 Å². The molecule has 0 radical (unpaired) electrons. The van der Waals surface area contributed by atoms with Crippen LogP contribution in [0.1, 0.15) is 49.8 Å². The highest BCUT2D eigenvalue weighted by Gasteiger charge is 2.31. The van der Waals surface area contributed by atoms with E-state index in [2.05, 4.69) is 59.7 Å². The van der Waals surface area contributed by atoms with Gasteiger partial charge in [-0.05, 0) is 61.4 Å². The van der Waals surface area contributed by atoms with Crippen LogP contribution in [0.2, 0.25) is 0 Å². The van der Waals surface area contributed by atoms with E-state index in [0.29, 0.717) is 30.8 Å². The minimum Gasteiger partial charge on any atom is -0.381 e. The maximum Gasteiger partial charge on any atom is 0.329 e. The highest BCUT2D eigenvalue weighted by atomic mass is 19.3. The van der Waals surface area contributed by atoms with E-state index in [1.54, 1.807) is 17.8 Å². The molecule has 15 heteroatoms. The van der Waals surface area contributed by atoms with E-state index in [-0.39, 0.29) is 24.0 Å². The molecule has 2 amide bonds. The van der Waals surface area contributed by atoms with Crippen molar-refractivity contribution >= 4 is 39.8 Å². The maximum absolute atomic E-state index is 13.0. The Kier molecular flexibility index (Phi) is 11.5. The number of amides is 2. The summed E-state index contributed by atoms with van der Waals surface area (Å²) in [6.07, 6.45) is 4.24. The lowest BCUT2D eigenvalue weighted by Crippen LogP contribution is -2.46. The SMILES string of the molecule is C[C@@H](Nc1ncc2c(-c3ccc(CN4CCN(CCCOCCCc5ccc6c(c5)n(C)c(=O)n6C5CCC(=O)NC5=O)CC4)cc3)c[nH]c2n1)C(F)F. The number of hydrogen-bond acceptors (Lipinski definition) is 9. The number of H-pyrrole nitrogens is 1. The Morgan fingerprint density at radius 1 is 0.963 bits per heavy atom. The first-order valence-corrected chi connectivity index (χ1v) is 18.7. The van der Waals surface area contributed by atoms with Crippen molar-refractivity contribution in [3.63, 3.8) is 0 Å². The molecule has 3 aromatic heterocycles. The number of carbonyl (C=O) groups is 2. The topological polar surface area (TPSA) is 142 Å². The number of benzene rings is 2. The van der Waals surface area contributed by atoms with Crippen molar-refractivity contribution in [3.05, 3.63) is 76.5 Å². The highest BCUT2D eigenvalue weighted by Crippen LogP contribution is 2.29. The molecule has 286 valence electrons. The first kappa shape index (κ1) is 37.3. The van der Waals surface area contributed by atoms with Crippen LogP contribution in [0.3, 0.4) is 0 Å². The Hall–Kier alpha value is -4.99. The predicted octanol–water partition coefficient (Wildman–Crippen LogP) is 4.48. The van der Waals surface area contributed by atoms with Crippen molar-refractivity contribution in [2.45, 2.75) is 64.1 Å². The molecule has 2 fully saturated rings. The van der Waals surface area contributed by atoms with Crippen molar-refractivity contribution in [1.29, 1.82) is 0 Å². The van der Waals surface area contributed by atoms with E-state index in [0.717, 1.165) is 86.1 Å². The van der Waals surface area contributed by atoms with Crippen molar-refractivity contribution in [3.8, 4) is 11.1 Å². The third kappa shape index (κ3) is 8.37. The number of nitrogens with zero attached hydrogens (tertiary/aromatic N) is 6. The molecule has 2 aromatic carbocycles. The maximum atomic E-state index is 13.0. The number of halogens is 2. The van der Waals surface area contributed by atoms with Gasteiger partial charge in [0.15, 0.2) is 0 Å². The second-order valence-corrected chi connectivity index (χ2v) is 14.3. The van der Waals surface area contributed by atoms with Gasteiger partial charge in [0.1, 0.15) is 11.7 Å². The minimum absolute atomic E-state index is 0.172. The van der Waals surface area contributed by atoms with E-state index in [9.17, 15) is 23.2 Å². The third-order valence-electron chi connectivity index (χ3n) is 10.5. The van der Waals surface area contributed by atoms with E-state index >= 15 is 0 Å². The fraction of sp³-hybridized carbons (Fsp3) is 0.462. The van der Waals surface area contributed by atoms with Crippen molar-refractivity contribution in [2.24, 2.45) is 7.05 Å². The zero-order valence-electron chi connectivity index (χ0n) is 30.7. The monoisotopic (exact) mass is 743 g/mol. The molecule has 7 rings (SSSR count). The van der Waals surface area contributed by atoms with Crippen LogP contribution in [-0.4, -0.2) is 104 Å². The number of aryl methyl sites for hydroxylation is 2. The van der Waals surface area contributed by atoms with Gasteiger partial charge in [0.05, 0.1) is 17.1 Å². The number of carbonyl (C=O) groups excluding carboxylic acids is 2. The van der Waals surface area contributed by atoms with E-state index in [4.69, 9.17) is 4.74 Å². The molecular formula is C39H47F2N9O4. The molecule has 5 heterocycles. The molecule has 2 saturated heterocycles. The van der Waals surface area contributed by atoms with E-state index < -0.39 is 24.4 Å². The fourth-order valence-corrected chi connectivity index (χ4v) is 7.37. The van der Waals surface area contributed by atoms with Gasteiger partial charge in [-0.3, -0.25) is 28.9 Å². The lowest BCUT2D eigenvalue weighted by Gasteiger charge is -2.34. The lowest BCUT2D eigenvalue weighted by molar-refractivity contribution is -0.135. The number of anilines is 1. The number of aromatic amines is 1. The molecule has 0 spiro atoms. The second kappa shape index (κ2) is 16.6. The Bertz CT molecular complexity index is 2160.